The maximum atomic E-state index is 12.1. The van der Waals surface area contributed by atoms with Crippen LogP contribution in [0.4, 0.5) is 0 Å². The average molecular weight is 321 g/mol. The van der Waals surface area contributed by atoms with Crippen LogP contribution < -0.4 is 0 Å². The minimum Gasteiger partial charge on any atom is -0.300 e. The normalized spacial score (nSPS) is 12.8. The van der Waals surface area contributed by atoms with Gasteiger partial charge in [-0.1, -0.05) is 49.4 Å². The highest BCUT2D eigenvalue weighted by Crippen LogP contribution is 2.23. The molecular formula is C20H19NO3. The van der Waals surface area contributed by atoms with Gasteiger partial charge in [-0.15, -0.1) is 0 Å². The summed E-state index contributed by atoms with van der Waals surface area (Å²) in [6.45, 7) is 3.43. The molecule has 0 saturated carbocycles. The third-order valence-electron chi connectivity index (χ3n) is 3.54. The highest BCUT2D eigenvalue weighted by Gasteiger charge is 2.33. The molecule has 2 amide bonds. The topological polar surface area (TPSA) is 54.5 Å². The van der Waals surface area contributed by atoms with Gasteiger partial charge in [0.2, 0.25) is 0 Å². The Hall–Kier alpha value is -3.01. The Morgan fingerprint density at radius 2 is 1.38 bits per heavy atom. The van der Waals surface area contributed by atoms with Crippen molar-refractivity contribution in [2.75, 3.05) is 0 Å². The summed E-state index contributed by atoms with van der Waals surface area (Å²) in [6, 6.07) is 16.4. The lowest BCUT2D eigenvalue weighted by molar-refractivity contribution is -0.116. The van der Waals surface area contributed by atoms with E-state index in [0.29, 0.717) is 17.5 Å². The molecule has 2 aromatic rings. The van der Waals surface area contributed by atoms with Crippen molar-refractivity contribution >= 4 is 23.7 Å². The van der Waals surface area contributed by atoms with Crippen LogP contribution >= 0.6 is 0 Å². The van der Waals surface area contributed by atoms with Crippen molar-refractivity contribution in [2.24, 2.45) is 0 Å². The molecule has 0 fully saturated rings. The standard InChI is InChI=1S/C16H11NO2.C4H8O/c18-15-13-8-4-5-9-14(13)16(19)17(15)11-10-12-6-2-1-3-7-12;1-3-4(2)5/h1-11H;3H2,1-2H3/b11-10+;. The molecule has 3 rings (SSSR count). The van der Waals surface area contributed by atoms with Crippen molar-refractivity contribution in [3.05, 3.63) is 77.5 Å². The molecular weight excluding hydrogens is 302 g/mol. The molecule has 0 unspecified atom stereocenters. The molecule has 122 valence electrons. The molecule has 0 aromatic heterocycles. The highest BCUT2D eigenvalue weighted by atomic mass is 16.2. The number of benzene rings is 2. The number of carbonyl (C=O) groups excluding carboxylic acids is 3. The zero-order valence-corrected chi connectivity index (χ0v) is 13.7. The number of hydrogen-bond donors (Lipinski definition) is 0. The lowest BCUT2D eigenvalue weighted by Crippen LogP contribution is -2.23. The number of hydrogen-bond acceptors (Lipinski definition) is 3. The molecule has 0 spiro atoms. The maximum Gasteiger partial charge on any atom is 0.265 e. The fourth-order valence-corrected chi connectivity index (χ4v) is 2.07. The Balaban J connectivity index is 0.000000368. The van der Waals surface area contributed by atoms with Crippen molar-refractivity contribution in [3.63, 3.8) is 0 Å². The number of Topliss-reactive ketones (excluding diaryl/α,β-unsaturated/α-hetero) is 1. The molecule has 1 aliphatic rings. The largest absolute Gasteiger partial charge is 0.300 e. The molecule has 4 heteroatoms. The molecule has 24 heavy (non-hydrogen) atoms. The first-order valence-electron chi connectivity index (χ1n) is 7.74. The third kappa shape index (κ3) is 4.04. The maximum absolute atomic E-state index is 12.1. The SMILES string of the molecule is CCC(C)=O.O=C1c2ccccc2C(=O)N1/C=C/c1ccccc1. The van der Waals surface area contributed by atoms with E-state index in [2.05, 4.69) is 0 Å². The van der Waals surface area contributed by atoms with Crippen molar-refractivity contribution < 1.29 is 14.4 Å². The molecule has 2 aromatic carbocycles. The van der Waals surface area contributed by atoms with Gasteiger partial charge in [0.25, 0.3) is 11.8 Å². The Kier molecular flexibility index (Phi) is 5.79. The molecule has 1 aliphatic heterocycles. The molecule has 0 N–H and O–H groups in total. The van der Waals surface area contributed by atoms with E-state index >= 15 is 0 Å². The van der Waals surface area contributed by atoms with E-state index in [4.69, 9.17) is 0 Å². The quantitative estimate of drug-likeness (QED) is 0.805. The third-order valence-corrected chi connectivity index (χ3v) is 3.54. The fourth-order valence-electron chi connectivity index (χ4n) is 2.07. The van der Waals surface area contributed by atoms with Crippen LogP contribution in [0.2, 0.25) is 0 Å². The Bertz CT molecular complexity index is 743. The van der Waals surface area contributed by atoms with Crippen molar-refractivity contribution in [3.8, 4) is 0 Å². The van der Waals surface area contributed by atoms with Gasteiger partial charge in [0.1, 0.15) is 5.78 Å². The smallest absolute Gasteiger partial charge is 0.265 e. The van der Waals surface area contributed by atoms with Crippen LogP contribution in [0.25, 0.3) is 6.08 Å². The summed E-state index contributed by atoms with van der Waals surface area (Å²) < 4.78 is 0. The first-order chi connectivity index (χ1) is 11.5. The van der Waals surface area contributed by atoms with E-state index in [9.17, 15) is 14.4 Å². The molecule has 1 heterocycles. The van der Waals surface area contributed by atoms with Crippen molar-refractivity contribution in [1.82, 2.24) is 4.90 Å². The molecule has 0 bridgehead atoms. The van der Waals surface area contributed by atoms with Crippen LogP contribution in [0.1, 0.15) is 46.5 Å². The Morgan fingerprint density at radius 1 is 0.917 bits per heavy atom. The van der Waals surface area contributed by atoms with Gasteiger partial charge < -0.3 is 4.79 Å². The zero-order chi connectivity index (χ0) is 17.5. The lowest BCUT2D eigenvalue weighted by Gasteiger charge is -2.06. The van der Waals surface area contributed by atoms with Crippen LogP contribution in [0.15, 0.2) is 60.8 Å². The van der Waals surface area contributed by atoms with E-state index in [1.54, 1.807) is 37.3 Å². The number of amides is 2. The Morgan fingerprint density at radius 3 is 1.83 bits per heavy atom. The molecule has 0 atom stereocenters. The van der Waals surface area contributed by atoms with Gasteiger partial charge in [-0.25, -0.2) is 4.90 Å². The number of carbonyl (C=O) groups is 3. The monoisotopic (exact) mass is 321 g/mol. The minimum absolute atomic E-state index is 0.255. The molecule has 0 radical (unpaired) electrons. The van der Waals surface area contributed by atoms with Gasteiger partial charge in [0.15, 0.2) is 0 Å². The van der Waals surface area contributed by atoms with Gasteiger partial charge in [0.05, 0.1) is 11.1 Å². The first-order valence-corrected chi connectivity index (χ1v) is 7.74. The predicted molar refractivity (Wildman–Crippen MR) is 93.4 cm³/mol. The summed E-state index contributed by atoms with van der Waals surface area (Å²) >= 11 is 0. The second-order valence-corrected chi connectivity index (χ2v) is 5.31. The molecule has 0 aliphatic carbocycles. The number of nitrogens with zero attached hydrogens (tertiary/aromatic N) is 1. The summed E-state index contributed by atoms with van der Waals surface area (Å²) in [6.07, 6.45) is 3.95. The lowest BCUT2D eigenvalue weighted by atomic mass is 10.1. The number of ketones is 1. The van der Waals surface area contributed by atoms with Crippen LogP contribution in [-0.4, -0.2) is 22.5 Å². The number of imide groups is 1. The molecule has 0 saturated heterocycles. The van der Waals surface area contributed by atoms with Crippen LogP contribution in [-0.2, 0) is 4.79 Å². The minimum atomic E-state index is -0.271. The number of fused-ring (bicyclic) bond motifs is 1. The van der Waals surface area contributed by atoms with Crippen LogP contribution in [0.5, 0.6) is 0 Å². The van der Waals surface area contributed by atoms with Crippen LogP contribution in [0.3, 0.4) is 0 Å². The summed E-state index contributed by atoms with van der Waals surface area (Å²) in [5, 5.41) is 0. The van der Waals surface area contributed by atoms with E-state index in [-0.39, 0.29) is 17.6 Å². The average Bonchev–Trinajstić information content (AvgIpc) is 2.86. The number of rotatable bonds is 3. The van der Waals surface area contributed by atoms with Crippen molar-refractivity contribution in [2.45, 2.75) is 20.3 Å². The highest BCUT2D eigenvalue weighted by molar-refractivity contribution is 6.22. The fraction of sp³-hybridized carbons (Fsp3) is 0.150. The zero-order valence-electron chi connectivity index (χ0n) is 13.7. The summed E-state index contributed by atoms with van der Waals surface area (Å²) in [7, 11) is 0. The van der Waals surface area contributed by atoms with Gasteiger partial charge in [-0.05, 0) is 30.7 Å². The van der Waals surface area contributed by atoms with E-state index < -0.39 is 0 Å². The second kappa shape index (κ2) is 8.02. The summed E-state index contributed by atoms with van der Waals surface area (Å²) in [4.78, 5) is 35.1. The van der Waals surface area contributed by atoms with E-state index in [1.807, 2.05) is 37.3 Å². The van der Waals surface area contributed by atoms with E-state index in [1.165, 1.54) is 6.20 Å². The van der Waals surface area contributed by atoms with Gasteiger partial charge in [0, 0.05) is 12.6 Å². The predicted octanol–water partition coefficient (Wildman–Crippen LogP) is 3.94. The van der Waals surface area contributed by atoms with Crippen molar-refractivity contribution in [1.29, 1.82) is 0 Å². The van der Waals surface area contributed by atoms with Gasteiger partial charge in [-0.3, -0.25) is 9.59 Å². The van der Waals surface area contributed by atoms with Gasteiger partial charge >= 0.3 is 0 Å². The molecule has 4 nitrogen and oxygen atoms in total. The summed E-state index contributed by atoms with van der Waals surface area (Å²) in [5.74, 6) is -0.287. The van der Waals surface area contributed by atoms with Crippen LogP contribution in [0, 0.1) is 0 Å². The first kappa shape index (κ1) is 17.3. The van der Waals surface area contributed by atoms with E-state index in [0.717, 1.165) is 10.5 Å². The second-order valence-electron chi connectivity index (χ2n) is 5.31. The Labute approximate surface area is 141 Å². The summed E-state index contributed by atoms with van der Waals surface area (Å²) in [5.41, 5.74) is 1.87. The van der Waals surface area contributed by atoms with Gasteiger partial charge in [-0.2, -0.15) is 0 Å².